The summed E-state index contributed by atoms with van der Waals surface area (Å²) in [6.45, 7) is 0.460. The van der Waals surface area contributed by atoms with Crippen LogP contribution in [0, 0.1) is 11.3 Å². The van der Waals surface area contributed by atoms with E-state index < -0.39 is 9.84 Å². The molecule has 16 heavy (non-hydrogen) atoms. The highest BCUT2D eigenvalue weighted by molar-refractivity contribution is 7.90. The van der Waals surface area contributed by atoms with E-state index in [1.807, 2.05) is 6.07 Å². The molecule has 7 heteroatoms. The first kappa shape index (κ1) is 12.4. The van der Waals surface area contributed by atoms with Gasteiger partial charge in [0.15, 0.2) is 0 Å². The average Bonchev–Trinajstić information content (AvgIpc) is 2.23. The number of hydrogen-bond acceptors (Lipinski definition) is 6. The number of nitriles is 1. The van der Waals surface area contributed by atoms with Crippen LogP contribution in [-0.2, 0) is 9.84 Å². The topological polar surface area (TPSA) is 95.7 Å². The molecular weight excluding hydrogens is 228 g/mol. The Morgan fingerprint density at radius 2 is 2.31 bits per heavy atom. The predicted octanol–water partition coefficient (Wildman–Crippen LogP) is 0.195. The summed E-state index contributed by atoms with van der Waals surface area (Å²) in [5, 5.41) is 11.4. The van der Waals surface area contributed by atoms with Gasteiger partial charge in [-0.05, 0) is 12.5 Å². The van der Waals surface area contributed by atoms with Crippen LogP contribution in [0.4, 0.5) is 5.95 Å². The Morgan fingerprint density at radius 3 is 2.94 bits per heavy atom. The molecule has 0 saturated heterocycles. The monoisotopic (exact) mass is 240 g/mol. The Morgan fingerprint density at radius 1 is 1.56 bits per heavy atom. The molecule has 0 unspecified atom stereocenters. The van der Waals surface area contributed by atoms with Crippen LogP contribution >= 0.6 is 0 Å². The van der Waals surface area contributed by atoms with Crippen LogP contribution in [0.1, 0.15) is 12.1 Å². The normalized spacial score (nSPS) is 10.8. The van der Waals surface area contributed by atoms with Crippen molar-refractivity contribution >= 4 is 15.8 Å². The Hall–Kier alpha value is -1.68. The maximum Gasteiger partial charge on any atom is 0.223 e. The molecule has 1 rings (SSSR count). The van der Waals surface area contributed by atoms with Gasteiger partial charge >= 0.3 is 0 Å². The van der Waals surface area contributed by atoms with E-state index in [0.717, 1.165) is 0 Å². The number of anilines is 1. The van der Waals surface area contributed by atoms with Crippen molar-refractivity contribution in [3.05, 3.63) is 18.0 Å². The van der Waals surface area contributed by atoms with E-state index in [0.29, 0.717) is 18.9 Å². The molecule has 0 radical (unpaired) electrons. The number of rotatable bonds is 5. The first-order valence-corrected chi connectivity index (χ1v) is 6.72. The van der Waals surface area contributed by atoms with Crippen LogP contribution in [0.2, 0.25) is 0 Å². The highest BCUT2D eigenvalue weighted by Crippen LogP contribution is 1.99. The summed E-state index contributed by atoms with van der Waals surface area (Å²) in [5.74, 6) is 0.463. The second-order valence-corrected chi connectivity index (χ2v) is 5.55. The maximum atomic E-state index is 10.8. The fraction of sp³-hybridized carbons (Fsp3) is 0.444. The number of hydrogen-bond donors (Lipinski definition) is 1. The maximum absolute atomic E-state index is 10.8. The van der Waals surface area contributed by atoms with Crippen molar-refractivity contribution < 1.29 is 8.42 Å². The molecule has 0 aliphatic rings. The van der Waals surface area contributed by atoms with E-state index in [2.05, 4.69) is 15.3 Å². The van der Waals surface area contributed by atoms with Crippen LogP contribution in [0.15, 0.2) is 12.3 Å². The summed E-state index contributed by atoms with van der Waals surface area (Å²) in [7, 11) is -2.92. The smallest absolute Gasteiger partial charge is 0.223 e. The van der Waals surface area contributed by atoms with Crippen molar-refractivity contribution in [1.82, 2.24) is 9.97 Å². The minimum atomic E-state index is -2.92. The summed E-state index contributed by atoms with van der Waals surface area (Å²) >= 11 is 0. The molecule has 0 amide bonds. The zero-order valence-corrected chi connectivity index (χ0v) is 9.66. The van der Waals surface area contributed by atoms with Gasteiger partial charge in [-0.25, -0.2) is 18.4 Å². The number of nitrogens with one attached hydrogen (secondary N) is 1. The predicted molar refractivity (Wildman–Crippen MR) is 59.6 cm³/mol. The molecule has 0 fully saturated rings. The van der Waals surface area contributed by atoms with Crippen molar-refractivity contribution in [3.8, 4) is 6.07 Å². The third-order valence-electron chi connectivity index (χ3n) is 1.75. The first-order valence-electron chi connectivity index (χ1n) is 4.66. The summed E-state index contributed by atoms with van der Waals surface area (Å²) in [6, 6.07) is 3.40. The fourth-order valence-corrected chi connectivity index (χ4v) is 1.71. The van der Waals surface area contributed by atoms with Gasteiger partial charge in [0.1, 0.15) is 21.6 Å². The quantitative estimate of drug-likeness (QED) is 0.738. The van der Waals surface area contributed by atoms with E-state index in [-0.39, 0.29) is 11.4 Å². The van der Waals surface area contributed by atoms with Crippen LogP contribution in [-0.4, -0.2) is 36.9 Å². The zero-order valence-electron chi connectivity index (χ0n) is 8.84. The zero-order chi connectivity index (χ0) is 12.0. The third-order valence-corrected chi connectivity index (χ3v) is 2.78. The summed E-state index contributed by atoms with van der Waals surface area (Å²) in [5.41, 5.74) is 0.278. The Bertz CT molecular complexity index is 492. The second-order valence-electron chi connectivity index (χ2n) is 3.29. The minimum Gasteiger partial charge on any atom is -0.354 e. The lowest BCUT2D eigenvalue weighted by atomic mass is 10.4. The lowest BCUT2D eigenvalue weighted by Crippen LogP contribution is -2.11. The Balaban J connectivity index is 2.41. The molecule has 86 valence electrons. The summed E-state index contributed by atoms with van der Waals surface area (Å²) in [6.07, 6.45) is 3.16. The third kappa shape index (κ3) is 4.70. The SMILES string of the molecule is CS(=O)(=O)CCCNc1nccc(C#N)n1. The lowest BCUT2D eigenvalue weighted by molar-refractivity contribution is 0.600. The van der Waals surface area contributed by atoms with Crippen LogP contribution in [0.25, 0.3) is 0 Å². The number of aromatic nitrogens is 2. The van der Waals surface area contributed by atoms with Crippen molar-refractivity contribution in [2.24, 2.45) is 0 Å². The number of sulfone groups is 1. The van der Waals surface area contributed by atoms with Gasteiger partial charge in [0.2, 0.25) is 5.95 Å². The molecule has 6 nitrogen and oxygen atoms in total. The van der Waals surface area contributed by atoms with E-state index in [1.54, 1.807) is 0 Å². The van der Waals surface area contributed by atoms with Crippen molar-refractivity contribution in [2.45, 2.75) is 6.42 Å². The highest BCUT2D eigenvalue weighted by atomic mass is 32.2. The molecule has 0 spiro atoms. The van der Waals surface area contributed by atoms with Crippen LogP contribution < -0.4 is 5.32 Å². The lowest BCUT2D eigenvalue weighted by Gasteiger charge is -2.03. The average molecular weight is 240 g/mol. The van der Waals surface area contributed by atoms with E-state index >= 15 is 0 Å². The molecule has 0 aromatic carbocycles. The van der Waals surface area contributed by atoms with Crippen LogP contribution in [0.5, 0.6) is 0 Å². The summed E-state index contributed by atoms with van der Waals surface area (Å²) in [4.78, 5) is 7.79. The molecule has 0 atom stereocenters. The van der Waals surface area contributed by atoms with Gasteiger partial charge in [0, 0.05) is 19.0 Å². The van der Waals surface area contributed by atoms with Gasteiger partial charge in [-0.15, -0.1) is 0 Å². The molecule has 1 heterocycles. The Labute approximate surface area is 94.3 Å². The molecular formula is C9H12N4O2S. The number of nitrogens with zero attached hydrogens (tertiary/aromatic N) is 3. The molecule has 0 aliphatic carbocycles. The largest absolute Gasteiger partial charge is 0.354 e. The fourth-order valence-electron chi connectivity index (χ4n) is 1.04. The van der Waals surface area contributed by atoms with Gasteiger partial charge in [-0.3, -0.25) is 0 Å². The second kappa shape index (κ2) is 5.42. The van der Waals surface area contributed by atoms with Crippen LogP contribution in [0.3, 0.4) is 0 Å². The minimum absolute atomic E-state index is 0.123. The molecule has 1 N–H and O–H groups in total. The van der Waals surface area contributed by atoms with Crippen molar-refractivity contribution in [2.75, 3.05) is 23.9 Å². The molecule has 0 bridgehead atoms. The standard InChI is InChI=1S/C9H12N4O2S/c1-16(14,15)6-2-4-11-9-12-5-3-8(7-10)13-9/h3,5H,2,4,6H2,1H3,(H,11,12,13). The van der Waals surface area contributed by atoms with Crippen molar-refractivity contribution in [1.29, 1.82) is 5.26 Å². The van der Waals surface area contributed by atoms with E-state index in [1.165, 1.54) is 18.5 Å². The first-order chi connectivity index (χ1) is 7.51. The molecule has 1 aromatic heterocycles. The van der Waals surface area contributed by atoms with E-state index in [9.17, 15) is 8.42 Å². The van der Waals surface area contributed by atoms with Gasteiger partial charge in [-0.2, -0.15) is 5.26 Å². The highest BCUT2D eigenvalue weighted by Gasteiger charge is 2.02. The Kier molecular flexibility index (Phi) is 4.19. The van der Waals surface area contributed by atoms with Gasteiger partial charge in [0.25, 0.3) is 0 Å². The summed E-state index contributed by atoms with van der Waals surface area (Å²) < 4.78 is 21.7. The van der Waals surface area contributed by atoms with Gasteiger partial charge < -0.3 is 5.32 Å². The van der Waals surface area contributed by atoms with E-state index in [4.69, 9.17) is 5.26 Å². The molecule has 1 aromatic rings. The molecule has 0 aliphatic heterocycles. The van der Waals surface area contributed by atoms with Gasteiger partial charge in [-0.1, -0.05) is 0 Å². The van der Waals surface area contributed by atoms with Gasteiger partial charge in [0.05, 0.1) is 5.75 Å². The molecule has 0 saturated carbocycles. The van der Waals surface area contributed by atoms with Crippen molar-refractivity contribution in [3.63, 3.8) is 0 Å².